The molecule has 4 N–H and O–H groups in total. The molecule has 12 nitrogen and oxygen atoms in total. The predicted molar refractivity (Wildman–Crippen MR) is 215 cm³/mol. The molecule has 6 atom stereocenters. The van der Waals surface area contributed by atoms with Crippen LogP contribution in [0.1, 0.15) is 149 Å². The average molecular weight is 801 g/mol. The molecular formula is C42H72O12S. The van der Waals surface area contributed by atoms with Gasteiger partial charge in [-0.05, 0) is 70.6 Å². The molecule has 0 saturated carbocycles. The molecular weight excluding hydrogens is 729 g/mol. The quantitative estimate of drug-likeness (QED) is 0.0221. The number of carbonyl (C=O) groups is 2. The summed E-state index contributed by atoms with van der Waals surface area (Å²) in [5.74, 6) is -2.02. The zero-order chi connectivity index (χ0) is 40.6. The average Bonchev–Trinajstić information content (AvgIpc) is 3.14. The molecule has 0 amide bonds. The van der Waals surface area contributed by atoms with Crippen LogP contribution in [0.5, 0.6) is 0 Å². The van der Waals surface area contributed by atoms with E-state index in [0.29, 0.717) is 12.8 Å². The van der Waals surface area contributed by atoms with Gasteiger partial charge in [-0.15, -0.1) is 0 Å². The van der Waals surface area contributed by atoms with Crippen LogP contribution in [0.4, 0.5) is 0 Å². The number of hydrogen-bond acceptors (Lipinski definition) is 11. The fourth-order valence-electron chi connectivity index (χ4n) is 5.92. The Morgan fingerprint density at radius 1 is 0.636 bits per heavy atom. The molecule has 1 fully saturated rings. The van der Waals surface area contributed by atoms with Crippen molar-refractivity contribution in [3.63, 3.8) is 0 Å². The highest BCUT2D eigenvalue weighted by Gasteiger charge is 2.46. The summed E-state index contributed by atoms with van der Waals surface area (Å²) in [6, 6.07) is 0. The van der Waals surface area contributed by atoms with Gasteiger partial charge in [0.1, 0.15) is 36.8 Å². The Morgan fingerprint density at radius 3 is 1.73 bits per heavy atom. The summed E-state index contributed by atoms with van der Waals surface area (Å²) in [6.45, 7) is 3.57. The number of allylic oxidation sites excluding steroid dienone is 8. The highest BCUT2D eigenvalue weighted by atomic mass is 32.2. The van der Waals surface area contributed by atoms with Crippen LogP contribution in [0.3, 0.4) is 0 Å². The SMILES string of the molecule is CC/C=C/C/C=C/C/C=C/CCCCCCCC(=O)OC[C@H](CO[C@H]1O[C@H](CS(=O)(=O)O)[C@@H](O)C(O)C1O)OC(=O)CCCCCCC/C=C/CCCCC. The number of aliphatic hydroxyl groups excluding tert-OH is 3. The third-order valence-electron chi connectivity index (χ3n) is 9.14. The number of hydrogen-bond donors (Lipinski definition) is 4. The molecule has 1 aliphatic heterocycles. The Bertz CT molecular complexity index is 1210. The van der Waals surface area contributed by atoms with Crippen LogP contribution < -0.4 is 0 Å². The van der Waals surface area contributed by atoms with Crippen molar-refractivity contribution in [2.75, 3.05) is 19.0 Å². The van der Waals surface area contributed by atoms with Crippen LogP contribution in [0.15, 0.2) is 48.6 Å². The smallest absolute Gasteiger partial charge is 0.306 e. The van der Waals surface area contributed by atoms with Crippen molar-refractivity contribution in [2.45, 2.75) is 185 Å². The first kappa shape index (κ1) is 50.6. The van der Waals surface area contributed by atoms with E-state index in [4.69, 9.17) is 18.9 Å². The Labute approximate surface area is 331 Å². The second-order valence-electron chi connectivity index (χ2n) is 14.3. The minimum atomic E-state index is -4.60. The molecule has 55 heavy (non-hydrogen) atoms. The van der Waals surface area contributed by atoms with E-state index in [2.05, 4.69) is 62.5 Å². The third kappa shape index (κ3) is 27.8. The molecule has 1 saturated heterocycles. The van der Waals surface area contributed by atoms with Crippen molar-refractivity contribution in [1.82, 2.24) is 0 Å². The lowest BCUT2D eigenvalue weighted by molar-refractivity contribution is -0.297. The highest BCUT2D eigenvalue weighted by Crippen LogP contribution is 2.24. The van der Waals surface area contributed by atoms with E-state index in [9.17, 15) is 37.9 Å². The first-order valence-corrected chi connectivity index (χ1v) is 22.3. The van der Waals surface area contributed by atoms with E-state index in [-0.39, 0.29) is 19.4 Å². The standard InChI is InChI=1S/C42H72O12S/c1-3-5-7-9-11-13-15-17-18-19-21-22-24-26-28-30-37(43)51-32-35(33-52-42-41(47)40(46)39(45)36(54-42)34-55(48,49)50)53-38(44)31-29-27-25-23-20-16-14-12-10-8-6-4-2/h5,7,11-14,17-18,35-36,39-42,45-47H,3-4,6,8-10,15-16,19-34H2,1-2H3,(H,48,49,50)/b7-5+,13-11+,14-12+,18-17+/t35-,36-,39-,40?,41?,42+/m1/s1. The molecule has 1 rings (SSSR count). The number of ether oxygens (including phenoxy) is 4. The number of unbranched alkanes of at least 4 members (excludes halogenated alkanes) is 13. The maximum absolute atomic E-state index is 12.7. The lowest BCUT2D eigenvalue weighted by Crippen LogP contribution is -2.60. The van der Waals surface area contributed by atoms with Gasteiger partial charge in [-0.3, -0.25) is 14.1 Å². The van der Waals surface area contributed by atoms with Crippen molar-refractivity contribution in [3.8, 4) is 0 Å². The number of carbonyl (C=O) groups excluding carboxylic acids is 2. The maximum atomic E-state index is 12.7. The van der Waals surface area contributed by atoms with E-state index in [1.165, 1.54) is 19.3 Å². The fourth-order valence-corrected chi connectivity index (χ4v) is 6.61. The van der Waals surface area contributed by atoms with Gasteiger partial charge in [-0.2, -0.15) is 8.42 Å². The molecule has 1 heterocycles. The van der Waals surface area contributed by atoms with Crippen molar-refractivity contribution in [3.05, 3.63) is 48.6 Å². The van der Waals surface area contributed by atoms with E-state index in [1.54, 1.807) is 0 Å². The Hall–Kier alpha value is -2.39. The zero-order valence-corrected chi connectivity index (χ0v) is 34.3. The topological polar surface area (TPSA) is 186 Å². The van der Waals surface area contributed by atoms with Crippen molar-refractivity contribution in [1.29, 1.82) is 0 Å². The van der Waals surface area contributed by atoms with E-state index < -0.39 is 71.2 Å². The summed E-state index contributed by atoms with van der Waals surface area (Å²) in [5.41, 5.74) is 0. The molecule has 0 aromatic heterocycles. The van der Waals surface area contributed by atoms with Crippen LogP contribution in [0, 0.1) is 0 Å². The number of esters is 2. The van der Waals surface area contributed by atoms with Gasteiger partial charge in [0, 0.05) is 12.8 Å². The summed E-state index contributed by atoms with van der Waals surface area (Å²) >= 11 is 0. The van der Waals surface area contributed by atoms with Gasteiger partial charge in [-0.25, -0.2) is 0 Å². The molecule has 0 bridgehead atoms. The lowest BCUT2D eigenvalue weighted by Gasteiger charge is -2.40. The molecule has 1 aliphatic rings. The summed E-state index contributed by atoms with van der Waals surface area (Å²) < 4.78 is 53.9. The molecule has 0 spiro atoms. The second kappa shape index (κ2) is 32.7. The highest BCUT2D eigenvalue weighted by molar-refractivity contribution is 7.85. The van der Waals surface area contributed by atoms with E-state index in [1.807, 2.05) is 0 Å². The van der Waals surface area contributed by atoms with Crippen molar-refractivity contribution < 1.29 is 56.8 Å². The Morgan fingerprint density at radius 2 is 1.15 bits per heavy atom. The number of rotatable bonds is 33. The molecule has 0 radical (unpaired) electrons. The van der Waals surface area contributed by atoms with Crippen molar-refractivity contribution >= 4 is 22.1 Å². The maximum Gasteiger partial charge on any atom is 0.306 e. The molecule has 2 unspecified atom stereocenters. The van der Waals surface area contributed by atoms with Crippen molar-refractivity contribution in [2.24, 2.45) is 0 Å². The lowest BCUT2D eigenvalue weighted by atomic mass is 10.00. The third-order valence-corrected chi connectivity index (χ3v) is 9.89. The van der Waals surface area contributed by atoms with E-state index >= 15 is 0 Å². The number of aliphatic hydroxyl groups is 3. The monoisotopic (exact) mass is 800 g/mol. The first-order chi connectivity index (χ1) is 26.5. The molecule has 0 aliphatic carbocycles. The van der Waals surface area contributed by atoms with Gasteiger partial charge in [0.2, 0.25) is 0 Å². The Kier molecular flexibility index (Phi) is 30.1. The summed E-state index contributed by atoms with van der Waals surface area (Å²) in [4.78, 5) is 25.3. The van der Waals surface area contributed by atoms with Gasteiger partial charge < -0.3 is 34.3 Å². The minimum Gasteiger partial charge on any atom is -0.462 e. The molecule has 318 valence electrons. The predicted octanol–water partition coefficient (Wildman–Crippen LogP) is 7.61. The van der Waals surface area contributed by atoms with E-state index in [0.717, 1.165) is 89.9 Å². The van der Waals surface area contributed by atoms with Gasteiger partial charge in [-0.1, -0.05) is 114 Å². The summed E-state index contributed by atoms with van der Waals surface area (Å²) in [7, 11) is -4.60. The van der Waals surface area contributed by atoms with Crippen LogP contribution >= 0.6 is 0 Å². The fraction of sp³-hybridized carbons (Fsp3) is 0.762. The van der Waals surface area contributed by atoms with Gasteiger partial charge in [0.25, 0.3) is 10.1 Å². The summed E-state index contributed by atoms with van der Waals surface area (Å²) in [5, 5.41) is 30.8. The van der Waals surface area contributed by atoms with Gasteiger partial charge in [0.05, 0.1) is 6.61 Å². The Balaban J connectivity index is 2.51. The van der Waals surface area contributed by atoms with Crippen LogP contribution in [-0.4, -0.2) is 96.0 Å². The second-order valence-corrected chi connectivity index (χ2v) is 15.8. The first-order valence-electron chi connectivity index (χ1n) is 20.7. The molecule has 0 aromatic rings. The largest absolute Gasteiger partial charge is 0.462 e. The molecule has 0 aromatic carbocycles. The van der Waals surface area contributed by atoms with Gasteiger partial charge in [0.15, 0.2) is 12.4 Å². The molecule has 13 heteroatoms. The minimum absolute atomic E-state index is 0.148. The summed E-state index contributed by atoms with van der Waals surface area (Å²) in [6.07, 6.45) is 27.4. The van der Waals surface area contributed by atoms with Crippen LogP contribution in [0.25, 0.3) is 0 Å². The van der Waals surface area contributed by atoms with Gasteiger partial charge >= 0.3 is 11.9 Å². The zero-order valence-electron chi connectivity index (χ0n) is 33.5. The van der Waals surface area contributed by atoms with Crippen LogP contribution in [-0.2, 0) is 38.7 Å². The van der Waals surface area contributed by atoms with Crippen LogP contribution in [0.2, 0.25) is 0 Å². The normalized spacial score (nSPS) is 21.3.